The zero-order chi connectivity index (χ0) is 29.6. The molecule has 0 saturated heterocycles. The number of hydrogen-bond acceptors (Lipinski definition) is 9. The maximum absolute atomic E-state index is 10.8. The van der Waals surface area contributed by atoms with Crippen molar-refractivity contribution in [2.24, 2.45) is 0 Å². The highest BCUT2D eigenvalue weighted by Crippen LogP contribution is 2.31. The van der Waals surface area contributed by atoms with Crippen LogP contribution in [0.5, 0.6) is 11.5 Å². The van der Waals surface area contributed by atoms with E-state index in [1.165, 1.54) is 18.2 Å². The van der Waals surface area contributed by atoms with E-state index in [0.29, 0.717) is 27.9 Å². The Kier molecular flexibility index (Phi) is 13.2. The van der Waals surface area contributed by atoms with Crippen LogP contribution in [0.25, 0.3) is 0 Å². The van der Waals surface area contributed by atoms with Crippen molar-refractivity contribution in [1.82, 2.24) is 0 Å². The molecule has 2 rings (SSSR count). The van der Waals surface area contributed by atoms with Crippen LogP contribution < -0.4 is 9.47 Å². The number of hydrogen-bond donors (Lipinski definition) is 0. The van der Waals surface area contributed by atoms with E-state index in [1.54, 1.807) is 12.1 Å². The van der Waals surface area contributed by atoms with Crippen molar-refractivity contribution in [3.05, 3.63) is 96.9 Å². The van der Waals surface area contributed by atoms with Gasteiger partial charge in [0, 0.05) is 24.6 Å². The molecule has 12 nitrogen and oxygen atoms in total. The van der Waals surface area contributed by atoms with E-state index in [2.05, 4.69) is 19.2 Å². The molecular formula is C25H30N4O8Si2. The molecule has 0 aliphatic heterocycles. The lowest BCUT2D eigenvalue weighted by Crippen LogP contribution is -2.31. The first-order valence-corrected chi connectivity index (χ1v) is 16.1. The summed E-state index contributed by atoms with van der Waals surface area (Å²) in [7, 11) is -1.25. The fourth-order valence-corrected chi connectivity index (χ4v) is 4.59. The maximum Gasteiger partial charge on any atom is 0.349 e. The summed E-state index contributed by atoms with van der Waals surface area (Å²) in [6.45, 7) is 13.7. The quantitative estimate of drug-likeness (QED) is 0.113. The molecule has 2 aromatic rings. The van der Waals surface area contributed by atoms with E-state index < -0.39 is 34.2 Å². The summed E-state index contributed by atoms with van der Waals surface area (Å²) in [5, 5.41) is 41.5. The molecule has 2 aromatic carbocycles. The minimum atomic E-state index is -1.70. The summed E-state index contributed by atoms with van der Waals surface area (Å²) in [6.07, 6.45) is 2.61. The third-order valence-corrected chi connectivity index (χ3v) is 8.21. The summed E-state index contributed by atoms with van der Waals surface area (Å²) in [4.78, 5) is 29.9. The Hall–Kier alpha value is -4.36. The van der Waals surface area contributed by atoms with Gasteiger partial charge in [-0.1, -0.05) is 24.0 Å². The van der Waals surface area contributed by atoms with Crippen LogP contribution in [0.2, 0.25) is 13.1 Å². The topological polar surface area (TPSA) is 172 Å². The van der Waals surface area contributed by atoms with Gasteiger partial charge in [-0.25, -0.2) is 0 Å². The number of ether oxygens (including phenoxy) is 2. The number of benzene rings is 2. The van der Waals surface area contributed by atoms with Gasteiger partial charge >= 0.3 is 11.4 Å². The van der Waals surface area contributed by atoms with E-state index in [0.717, 1.165) is 30.2 Å². The van der Waals surface area contributed by atoms with Gasteiger partial charge in [-0.2, -0.15) is 5.26 Å². The predicted molar refractivity (Wildman–Crippen MR) is 150 cm³/mol. The van der Waals surface area contributed by atoms with Crippen LogP contribution in [-0.2, 0) is 0 Å². The van der Waals surface area contributed by atoms with Gasteiger partial charge in [-0.05, 0) is 38.0 Å². The molecule has 2 radical (unpaired) electrons. The predicted octanol–water partition coefficient (Wildman–Crippen LogP) is 6.09. The second-order valence-electron chi connectivity index (χ2n) is 8.92. The van der Waals surface area contributed by atoms with E-state index in [9.17, 15) is 30.3 Å². The highest BCUT2D eigenvalue weighted by molar-refractivity contribution is 6.82. The number of nitrogens with zero attached hydrogens (tertiary/aromatic N) is 4. The van der Waals surface area contributed by atoms with Gasteiger partial charge < -0.3 is 9.47 Å². The van der Waals surface area contributed by atoms with Crippen molar-refractivity contribution in [3.63, 3.8) is 0 Å². The number of rotatable bonds is 14. The van der Waals surface area contributed by atoms with E-state index >= 15 is 0 Å². The normalized spacial score (nSPS) is 11.1. The third-order valence-electron chi connectivity index (χ3n) is 5.04. The van der Waals surface area contributed by atoms with E-state index in [1.807, 2.05) is 25.7 Å². The van der Waals surface area contributed by atoms with Gasteiger partial charge in [0.2, 0.25) is 0 Å². The summed E-state index contributed by atoms with van der Waals surface area (Å²) >= 11 is 0. The molecule has 0 aromatic heterocycles. The third kappa shape index (κ3) is 12.2. The summed E-state index contributed by atoms with van der Waals surface area (Å²) in [6, 6.07) is 11.7. The lowest BCUT2D eigenvalue weighted by Gasteiger charge is -2.17. The van der Waals surface area contributed by atoms with E-state index in [-0.39, 0.29) is 17.2 Å². The smallest absolute Gasteiger partial charge is 0.349 e. The van der Waals surface area contributed by atoms with Gasteiger partial charge in [0.1, 0.15) is 29.1 Å². The molecule has 0 spiro atoms. The van der Waals surface area contributed by atoms with Crippen molar-refractivity contribution in [2.45, 2.75) is 45.0 Å². The molecular weight excluding hydrogens is 540 g/mol. The van der Waals surface area contributed by atoms with Crippen LogP contribution in [0.4, 0.5) is 17.1 Å². The highest BCUT2D eigenvalue weighted by Gasteiger charge is 2.25. The Bertz CT molecular complexity index is 1230. The van der Waals surface area contributed by atoms with Crippen LogP contribution in [0.3, 0.4) is 0 Å². The zero-order valence-electron chi connectivity index (χ0n) is 22.0. The zero-order valence-corrected chi connectivity index (χ0v) is 24.0. The molecule has 39 heavy (non-hydrogen) atoms. The van der Waals surface area contributed by atoms with Crippen molar-refractivity contribution < 1.29 is 24.2 Å². The summed E-state index contributed by atoms with van der Waals surface area (Å²) in [5.41, 5.74) is 0.754. The van der Waals surface area contributed by atoms with Gasteiger partial charge in [0.05, 0.1) is 38.9 Å². The molecule has 0 aliphatic carbocycles. The summed E-state index contributed by atoms with van der Waals surface area (Å²) in [5.74, 6) is 0.861. The molecule has 0 aliphatic rings. The molecule has 1 unspecified atom stereocenters. The minimum Gasteiger partial charge on any atom is -0.497 e. The lowest BCUT2D eigenvalue weighted by atomic mass is 10.2. The van der Waals surface area contributed by atoms with Crippen LogP contribution in [0.1, 0.15) is 26.2 Å². The number of allylic oxidation sites excluding steroid dienone is 1. The van der Waals surface area contributed by atoms with E-state index in [4.69, 9.17) is 14.7 Å². The molecule has 0 fully saturated rings. The fourth-order valence-electron chi connectivity index (χ4n) is 2.84. The first kappa shape index (κ1) is 32.7. The van der Waals surface area contributed by atoms with Crippen LogP contribution in [-0.4, -0.2) is 44.3 Å². The van der Waals surface area contributed by atoms with Gasteiger partial charge in [-0.15, -0.1) is 13.2 Å². The number of nitriles is 1. The Morgan fingerprint density at radius 2 is 1.64 bits per heavy atom. The Balaban J connectivity index is 0.000000391. The van der Waals surface area contributed by atoms with Crippen molar-refractivity contribution in [3.8, 4) is 17.6 Å². The molecule has 1 atom stereocenters. The van der Waals surface area contributed by atoms with Crippen LogP contribution in [0, 0.1) is 41.7 Å². The molecule has 14 heteroatoms. The van der Waals surface area contributed by atoms with Crippen molar-refractivity contribution in [2.75, 3.05) is 6.23 Å². The standard InChI is InChI=1S/C14H16N2O3Si.C11H14N2O5Si/c1-11(5-3-4-10-15)20-12(2)19-14-8-6-13(7-9-14)16(17)18;1-4-19(2,3)8-18-9-5-6-10(12(14)15)11(7-9)13(16)17/h6-9,12H,1,3-5H2,2H3;4-7H,1,8H2,2-3H3. The van der Waals surface area contributed by atoms with Crippen LogP contribution in [0.15, 0.2) is 66.5 Å². The molecule has 0 saturated carbocycles. The SMILES string of the molecule is C=C(CCCC#N)[Si]C(C)Oc1ccc([N+](=O)[O-])cc1.C=C[Si](C)(C)COc1ccc([N+](=O)[O-])c([N+](=O)[O-])c1. The van der Waals surface area contributed by atoms with Gasteiger partial charge in [0.15, 0.2) is 0 Å². The second-order valence-corrected chi connectivity index (χ2v) is 15.4. The largest absolute Gasteiger partial charge is 0.497 e. The Labute approximate surface area is 229 Å². The van der Waals surface area contributed by atoms with Crippen molar-refractivity contribution in [1.29, 1.82) is 5.26 Å². The lowest BCUT2D eigenvalue weighted by molar-refractivity contribution is -0.422. The van der Waals surface area contributed by atoms with Gasteiger partial charge in [-0.3, -0.25) is 30.3 Å². The number of nitro benzene ring substituents is 3. The fraction of sp³-hybridized carbons (Fsp3) is 0.320. The Morgan fingerprint density at radius 3 is 2.15 bits per heavy atom. The number of non-ortho nitro benzene ring substituents is 1. The highest BCUT2D eigenvalue weighted by atomic mass is 28.3. The average Bonchev–Trinajstić information content (AvgIpc) is 2.88. The second kappa shape index (κ2) is 15.8. The van der Waals surface area contributed by atoms with Gasteiger partial charge in [0.25, 0.3) is 5.69 Å². The number of unbranched alkanes of at least 4 members (excludes halogenated alkanes) is 1. The van der Waals surface area contributed by atoms with Crippen LogP contribution >= 0.6 is 0 Å². The van der Waals surface area contributed by atoms with Crippen molar-refractivity contribution >= 4 is 34.7 Å². The molecule has 0 N–H and O–H groups in total. The number of nitro groups is 3. The minimum absolute atomic E-state index is 0.0222. The monoisotopic (exact) mass is 570 g/mol. The first-order valence-electron chi connectivity index (χ1n) is 11.7. The Morgan fingerprint density at radius 1 is 1.05 bits per heavy atom. The molecule has 0 bridgehead atoms. The molecule has 206 valence electrons. The maximum atomic E-state index is 10.8. The molecule has 0 amide bonds. The first-order chi connectivity index (χ1) is 18.3. The molecule has 0 heterocycles. The summed E-state index contributed by atoms with van der Waals surface area (Å²) < 4.78 is 11.1. The average molecular weight is 571 g/mol.